The first-order valence-corrected chi connectivity index (χ1v) is 4.01. The van der Waals surface area contributed by atoms with Crippen molar-refractivity contribution < 1.29 is 4.74 Å². The highest BCUT2D eigenvalue weighted by Crippen LogP contribution is 2.09. The Morgan fingerprint density at radius 2 is 2.08 bits per heavy atom. The van der Waals surface area contributed by atoms with Crippen molar-refractivity contribution in [3.63, 3.8) is 0 Å². The van der Waals surface area contributed by atoms with E-state index in [0.717, 1.165) is 5.75 Å². The summed E-state index contributed by atoms with van der Waals surface area (Å²) in [5, 5.41) is 9.61. The molecule has 4 nitrogen and oxygen atoms in total. The van der Waals surface area contributed by atoms with E-state index in [1.807, 2.05) is 30.3 Å². The molecule has 0 spiro atoms. The van der Waals surface area contributed by atoms with E-state index < -0.39 is 0 Å². The van der Waals surface area contributed by atoms with Crippen LogP contribution in [0.1, 0.15) is 6.92 Å². The molecule has 0 saturated heterocycles. The van der Waals surface area contributed by atoms with Crippen LogP contribution < -0.4 is 15.8 Å². The molecule has 0 saturated carbocycles. The van der Waals surface area contributed by atoms with Gasteiger partial charge in [-0.05, 0) is 19.1 Å². The Morgan fingerprint density at radius 3 is 2.62 bits per heavy atom. The van der Waals surface area contributed by atoms with Gasteiger partial charge in [-0.3, -0.25) is 5.41 Å². The molecule has 0 radical (unpaired) electrons. The van der Waals surface area contributed by atoms with Crippen molar-refractivity contribution in [3.8, 4) is 5.75 Å². The number of hydrogen-bond donors (Lipinski definition) is 3. The standard InChI is InChI=1S/C9H13N3O/c1-7(12-9(10)11)13-8-5-3-2-4-6-8/h2-7H,1H3,(H4,10,11,12). The number of benzene rings is 1. The molecule has 0 aromatic heterocycles. The first-order chi connectivity index (χ1) is 6.18. The lowest BCUT2D eigenvalue weighted by molar-refractivity contribution is 0.206. The van der Waals surface area contributed by atoms with E-state index in [1.54, 1.807) is 6.92 Å². The molecule has 13 heavy (non-hydrogen) atoms. The number of nitrogens with two attached hydrogens (primary N) is 1. The van der Waals surface area contributed by atoms with E-state index in [1.165, 1.54) is 0 Å². The first kappa shape index (κ1) is 9.38. The van der Waals surface area contributed by atoms with Gasteiger partial charge in [0.15, 0.2) is 12.2 Å². The molecular formula is C9H13N3O. The second-order valence-electron chi connectivity index (χ2n) is 2.63. The van der Waals surface area contributed by atoms with Crippen LogP contribution in [0.4, 0.5) is 0 Å². The summed E-state index contributed by atoms with van der Waals surface area (Å²) in [4.78, 5) is 0. The van der Waals surface area contributed by atoms with Crippen molar-refractivity contribution in [2.45, 2.75) is 13.2 Å². The van der Waals surface area contributed by atoms with Crippen LogP contribution in [0.25, 0.3) is 0 Å². The smallest absolute Gasteiger partial charge is 0.188 e. The average Bonchev–Trinajstić information content (AvgIpc) is 2.04. The summed E-state index contributed by atoms with van der Waals surface area (Å²) >= 11 is 0. The quantitative estimate of drug-likeness (QED) is 0.366. The lowest BCUT2D eigenvalue weighted by atomic mass is 10.3. The molecule has 0 amide bonds. The Labute approximate surface area is 77.2 Å². The molecule has 1 aromatic carbocycles. The van der Waals surface area contributed by atoms with Crippen LogP contribution in [0.15, 0.2) is 30.3 Å². The second kappa shape index (κ2) is 4.35. The molecule has 4 heteroatoms. The monoisotopic (exact) mass is 179 g/mol. The highest BCUT2D eigenvalue weighted by Gasteiger charge is 2.01. The van der Waals surface area contributed by atoms with Gasteiger partial charge in [0.2, 0.25) is 0 Å². The Morgan fingerprint density at radius 1 is 1.46 bits per heavy atom. The topological polar surface area (TPSA) is 71.1 Å². The van der Waals surface area contributed by atoms with Crippen molar-refractivity contribution in [2.24, 2.45) is 5.73 Å². The van der Waals surface area contributed by atoms with Gasteiger partial charge < -0.3 is 15.8 Å². The van der Waals surface area contributed by atoms with E-state index in [2.05, 4.69) is 5.32 Å². The molecule has 0 heterocycles. The maximum atomic E-state index is 6.98. The molecular weight excluding hydrogens is 166 g/mol. The van der Waals surface area contributed by atoms with Crippen molar-refractivity contribution >= 4 is 5.96 Å². The Balaban J connectivity index is 2.45. The number of guanidine groups is 1. The summed E-state index contributed by atoms with van der Waals surface area (Å²) in [6, 6.07) is 9.37. The van der Waals surface area contributed by atoms with Crippen molar-refractivity contribution in [1.29, 1.82) is 5.41 Å². The Bertz CT molecular complexity index is 273. The lowest BCUT2D eigenvalue weighted by Gasteiger charge is -2.15. The fourth-order valence-corrected chi connectivity index (χ4v) is 0.952. The minimum Gasteiger partial charge on any atom is -0.471 e. The predicted octanol–water partition coefficient (Wildman–Crippen LogP) is 0.894. The Kier molecular flexibility index (Phi) is 3.14. The van der Waals surface area contributed by atoms with Crippen LogP contribution in [-0.4, -0.2) is 12.2 Å². The van der Waals surface area contributed by atoms with E-state index in [-0.39, 0.29) is 12.2 Å². The molecule has 1 atom stereocenters. The van der Waals surface area contributed by atoms with Gasteiger partial charge in [0, 0.05) is 0 Å². The summed E-state index contributed by atoms with van der Waals surface area (Å²) in [7, 11) is 0. The van der Waals surface area contributed by atoms with Gasteiger partial charge in [0.05, 0.1) is 0 Å². The molecule has 1 unspecified atom stereocenters. The first-order valence-electron chi connectivity index (χ1n) is 4.01. The molecule has 0 aliphatic rings. The number of hydrogen-bond acceptors (Lipinski definition) is 2. The van der Waals surface area contributed by atoms with Crippen LogP contribution in [0.5, 0.6) is 5.75 Å². The van der Waals surface area contributed by atoms with Crippen LogP contribution in [0.2, 0.25) is 0 Å². The maximum absolute atomic E-state index is 6.98. The highest BCUT2D eigenvalue weighted by molar-refractivity contribution is 5.74. The maximum Gasteiger partial charge on any atom is 0.188 e. The Hall–Kier alpha value is -1.71. The summed E-state index contributed by atoms with van der Waals surface area (Å²) in [5.74, 6) is 0.659. The van der Waals surface area contributed by atoms with Crippen molar-refractivity contribution in [1.82, 2.24) is 5.32 Å². The molecule has 0 aliphatic heterocycles. The normalized spacial score (nSPS) is 11.8. The van der Waals surface area contributed by atoms with Gasteiger partial charge in [-0.1, -0.05) is 18.2 Å². The van der Waals surface area contributed by atoms with Crippen LogP contribution in [0.3, 0.4) is 0 Å². The third-order valence-corrected chi connectivity index (χ3v) is 1.41. The fraction of sp³-hybridized carbons (Fsp3) is 0.222. The molecule has 4 N–H and O–H groups in total. The lowest BCUT2D eigenvalue weighted by Crippen LogP contribution is -2.40. The number of nitrogens with one attached hydrogen (secondary N) is 2. The third kappa shape index (κ3) is 3.46. The van der Waals surface area contributed by atoms with Gasteiger partial charge in [-0.15, -0.1) is 0 Å². The summed E-state index contributed by atoms with van der Waals surface area (Å²) in [6.07, 6.45) is -0.292. The minimum atomic E-state index is -0.292. The van der Waals surface area contributed by atoms with Crippen molar-refractivity contribution in [2.75, 3.05) is 0 Å². The molecule has 1 aromatic rings. The average molecular weight is 179 g/mol. The predicted molar refractivity (Wildman–Crippen MR) is 51.6 cm³/mol. The van der Waals surface area contributed by atoms with Gasteiger partial charge >= 0.3 is 0 Å². The molecule has 0 aliphatic carbocycles. The van der Waals surface area contributed by atoms with Gasteiger partial charge in [-0.25, -0.2) is 0 Å². The zero-order valence-electron chi connectivity index (χ0n) is 7.45. The zero-order valence-corrected chi connectivity index (χ0v) is 7.45. The largest absolute Gasteiger partial charge is 0.471 e. The highest BCUT2D eigenvalue weighted by atomic mass is 16.5. The van der Waals surface area contributed by atoms with Crippen LogP contribution in [0, 0.1) is 5.41 Å². The van der Waals surface area contributed by atoms with Crippen molar-refractivity contribution in [3.05, 3.63) is 30.3 Å². The second-order valence-corrected chi connectivity index (χ2v) is 2.63. The van der Waals surface area contributed by atoms with Crippen LogP contribution in [-0.2, 0) is 0 Å². The van der Waals surface area contributed by atoms with E-state index in [4.69, 9.17) is 15.9 Å². The summed E-state index contributed by atoms with van der Waals surface area (Å²) in [5.41, 5.74) is 5.14. The van der Waals surface area contributed by atoms with Gasteiger partial charge in [0.1, 0.15) is 5.75 Å². The number of para-hydroxylation sites is 1. The van der Waals surface area contributed by atoms with E-state index >= 15 is 0 Å². The minimum absolute atomic E-state index is 0.0940. The number of rotatable bonds is 3. The fourth-order valence-electron chi connectivity index (χ4n) is 0.952. The van der Waals surface area contributed by atoms with E-state index in [9.17, 15) is 0 Å². The SMILES string of the molecule is CC(NC(=N)N)Oc1ccccc1. The number of ether oxygens (including phenoxy) is 1. The molecule has 0 bridgehead atoms. The van der Waals surface area contributed by atoms with Crippen LogP contribution >= 0.6 is 0 Å². The molecule has 1 rings (SSSR count). The summed E-state index contributed by atoms with van der Waals surface area (Å²) in [6.45, 7) is 1.79. The van der Waals surface area contributed by atoms with Gasteiger partial charge in [0.25, 0.3) is 0 Å². The van der Waals surface area contributed by atoms with Gasteiger partial charge in [-0.2, -0.15) is 0 Å². The summed E-state index contributed by atoms with van der Waals surface area (Å²) < 4.78 is 5.39. The zero-order chi connectivity index (χ0) is 9.68. The van der Waals surface area contributed by atoms with E-state index in [0.29, 0.717) is 0 Å². The third-order valence-electron chi connectivity index (χ3n) is 1.41. The molecule has 0 fully saturated rings. The molecule has 70 valence electrons.